The van der Waals surface area contributed by atoms with Crippen molar-refractivity contribution in [3.8, 4) is 11.5 Å². The molecule has 1 amide bonds. The quantitative estimate of drug-likeness (QED) is 0.695. The first-order valence-corrected chi connectivity index (χ1v) is 6.74. The van der Waals surface area contributed by atoms with Gasteiger partial charge < -0.3 is 20.8 Å². The molecule has 0 spiro atoms. The van der Waals surface area contributed by atoms with Gasteiger partial charge in [-0.2, -0.15) is 0 Å². The molecule has 1 aliphatic heterocycles. The number of hydrogen-bond acceptors (Lipinski definition) is 4. The molecule has 1 aliphatic rings. The summed E-state index contributed by atoms with van der Waals surface area (Å²) in [5.41, 5.74) is 7.89. The van der Waals surface area contributed by atoms with Crippen LogP contribution in [0.1, 0.15) is 15.9 Å². The van der Waals surface area contributed by atoms with Crippen molar-refractivity contribution in [2.45, 2.75) is 12.5 Å². The zero-order valence-corrected chi connectivity index (χ0v) is 11.4. The number of phenolic OH excluding ortho intramolecular Hbond substituents is 2. The van der Waals surface area contributed by atoms with E-state index in [1.807, 2.05) is 24.3 Å². The van der Waals surface area contributed by atoms with E-state index in [1.165, 1.54) is 18.2 Å². The van der Waals surface area contributed by atoms with Crippen LogP contribution in [0.4, 0.5) is 5.69 Å². The largest absolute Gasteiger partial charge is 0.504 e. The summed E-state index contributed by atoms with van der Waals surface area (Å²) in [6.07, 6.45) is 0.714. The van der Waals surface area contributed by atoms with E-state index < -0.39 is 5.75 Å². The third-order valence-corrected chi connectivity index (χ3v) is 3.67. The number of nitrogens with two attached hydrogens (primary N) is 1. The number of carbonyl (C=O) groups is 1. The van der Waals surface area contributed by atoms with E-state index in [4.69, 9.17) is 5.73 Å². The third-order valence-electron chi connectivity index (χ3n) is 3.67. The van der Waals surface area contributed by atoms with Crippen LogP contribution >= 0.6 is 0 Å². The van der Waals surface area contributed by atoms with Gasteiger partial charge >= 0.3 is 0 Å². The zero-order valence-electron chi connectivity index (χ0n) is 11.4. The van der Waals surface area contributed by atoms with Gasteiger partial charge in [0.25, 0.3) is 5.91 Å². The first-order valence-electron chi connectivity index (χ1n) is 6.74. The molecule has 5 heteroatoms. The van der Waals surface area contributed by atoms with Crippen molar-refractivity contribution in [2.75, 3.05) is 11.4 Å². The van der Waals surface area contributed by atoms with Gasteiger partial charge in [0.15, 0.2) is 11.5 Å². The number of anilines is 1. The van der Waals surface area contributed by atoms with Crippen LogP contribution in [0.25, 0.3) is 0 Å². The highest BCUT2D eigenvalue weighted by Gasteiger charge is 2.28. The number of phenols is 2. The normalized spacial score (nSPS) is 17.4. The van der Waals surface area contributed by atoms with Crippen molar-refractivity contribution in [3.63, 3.8) is 0 Å². The van der Waals surface area contributed by atoms with Gasteiger partial charge in [-0.15, -0.1) is 0 Å². The molecule has 0 saturated carbocycles. The molecule has 0 bridgehead atoms. The van der Waals surface area contributed by atoms with E-state index in [9.17, 15) is 15.0 Å². The Morgan fingerprint density at radius 1 is 1.14 bits per heavy atom. The second-order valence-corrected chi connectivity index (χ2v) is 5.18. The molecular weight excluding hydrogens is 268 g/mol. The summed E-state index contributed by atoms with van der Waals surface area (Å²) in [6.45, 7) is 0.380. The highest BCUT2D eigenvalue weighted by atomic mass is 16.3. The Hall–Kier alpha value is -2.53. The lowest BCUT2D eigenvalue weighted by atomic mass is 9.97. The van der Waals surface area contributed by atoms with E-state index >= 15 is 0 Å². The van der Waals surface area contributed by atoms with Crippen LogP contribution in [0.3, 0.4) is 0 Å². The first kappa shape index (κ1) is 13.5. The van der Waals surface area contributed by atoms with Crippen molar-refractivity contribution in [3.05, 3.63) is 53.6 Å². The topological polar surface area (TPSA) is 86.8 Å². The SMILES string of the molecule is NC1Cc2ccccc2N(C(=O)c2cccc(O)c2O)C1. The Labute approximate surface area is 122 Å². The van der Waals surface area contributed by atoms with E-state index in [-0.39, 0.29) is 23.3 Å². The minimum absolute atomic E-state index is 0.0684. The smallest absolute Gasteiger partial charge is 0.262 e. The Kier molecular flexibility index (Phi) is 3.27. The molecule has 5 nitrogen and oxygen atoms in total. The number of nitrogens with zero attached hydrogens (tertiary/aromatic N) is 1. The summed E-state index contributed by atoms with van der Waals surface area (Å²) >= 11 is 0. The summed E-state index contributed by atoms with van der Waals surface area (Å²) in [7, 11) is 0. The number of carbonyl (C=O) groups excluding carboxylic acids is 1. The molecule has 2 aromatic carbocycles. The molecule has 2 aromatic rings. The van der Waals surface area contributed by atoms with Gasteiger partial charge in [-0.1, -0.05) is 24.3 Å². The fourth-order valence-corrected chi connectivity index (χ4v) is 2.67. The Balaban J connectivity index is 2.04. The maximum Gasteiger partial charge on any atom is 0.262 e. The summed E-state index contributed by atoms with van der Waals surface area (Å²) in [5, 5.41) is 19.4. The summed E-state index contributed by atoms with van der Waals surface area (Å²) in [5.74, 6) is -1.08. The van der Waals surface area contributed by atoms with Crippen molar-refractivity contribution < 1.29 is 15.0 Å². The fourth-order valence-electron chi connectivity index (χ4n) is 2.67. The molecule has 21 heavy (non-hydrogen) atoms. The van der Waals surface area contributed by atoms with E-state index in [0.29, 0.717) is 13.0 Å². The van der Waals surface area contributed by atoms with Gasteiger partial charge in [0, 0.05) is 18.3 Å². The highest BCUT2D eigenvalue weighted by Crippen LogP contribution is 2.33. The number of para-hydroxylation sites is 2. The third kappa shape index (κ3) is 2.32. The molecule has 1 atom stereocenters. The molecule has 4 N–H and O–H groups in total. The predicted octanol–water partition coefficient (Wildman–Crippen LogP) is 1.63. The van der Waals surface area contributed by atoms with Crippen molar-refractivity contribution in [1.29, 1.82) is 0 Å². The molecule has 0 saturated heterocycles. The Morgan fingerprint density at radius 2 is 1.90 bits per heavy atom. The second kappa shape index (κ2) is 5.10. The predicted molar refractivity (Wildman–Crippen MR) is 79.6 cm³/mol. The fraction of sp³-hybridized carbons (Fsp3) is 0.188. The van der Waals surface area contributed by atoms with Crippen LogP contribution < -0.4 is 10.6 Å². The van der Waals surface area contributed by atoms with Crippen LogP contribution in [0.5, 0.6) is 11.5 Å². The van der Waals surface area contributed by atoms with Crippen LogP contribution in [0, 0.1) is 0 Å². The molecule has 108 valence electrons. The van der Waals surface area contributed by atoms with Crippen molar-refractivity contribution in [2.24, 2.45) is 5.73 Å². The molecule has 0 fully saturated rings. The highest BCUT2D eigenvalue weighted by molar-refractivity contribution is 6.09. The number of benzene rings is 2. The van der Waals surface area contributed by atoms with E-state index in [2.05, 4.69) is 0 Å². The molecule has 0 radical (unpaired) electrons. The summed E-state index contributed by atoms with van der Waals surface area (Å²) < 4.78 is 0. The molecule has 0 aromatic heterocycles. The van der Waals surface area contributed by atoms with Gasteiger partial charge in [-0.05, 0) is 30.2 Å². The van der Waals surface area contributed by atoms with Crippen LogP contribution in [-0.4, -0.2) is 28.7 Å². The molecule has 3 rings (SSSR count). The van der Waals surface area contributed by atoms with Gasteiger partial charge in [0.2, 0.25) is 0 Å². The molecule has 0 aliphatic carbocycles. The number of fused-ring (bicyclic) bond motifs is 1. The minimum Gasteiger partial charge on any atom is -0.504 e. The molecular formula is C16H16N2O3. The first-order chi connectivity index (χ1) is 10.1. The maximum absolute atomic E-state index is 12.7. The number of rotatable bonds is 1. The lowest BCUT2D eigenvalue weighted by Gasteiger charge is -2.33. The molecule has 1 unspecified atom stereocenters. The van der Waals surface area contributed by atoms with Gasteiger partial charge in [0.05, 0.1) is 5.56 Å². The van der Waals surface area contributed by atoms with E-state index in [1.54, 1.807) is 4.90 Å². The van der Waals surface area contributed by atoms with Crippen LogP contribution in [0.15, 0.2) is 42.5 Å². The number of hydrogen-bond donors (Lipinski definition) is 3. The average Bonchev–Trinajstić information content (AvgIpc) is 2.48. The van der Waals surface area contributed by atoms with Gasteiger partial charge in [-0.25, -0.2) is 0 Å². The van der Waals surface area contributed by atoms with Crippen LogP contribution in [-0.2, 0) is 6.42 Å². The summed E-state index contributed by atoms with van der Waals surface area (Å²) in [4.78, 5) is 14.2. The number of aromatic hydroxyl groups is 2. The Bertz CT molecular complexity index is 700. The van der Waals surface area contributed by atoms with Gasteiger partial charge in [0.1, 0.15) is 0 Å². The minimum atomic E-state index is -0.404. The van der Waals surface area contributed by atoms with Crippen molar-refractivity contribution >= 4 is 11.6 Å². The number of amides is 1. The monoisotopic (exact) mass is 284 g/mol. The average molecular weight is 284 g/mol. The zero-order chi connectivity index (χ0) is 15.0. The molecule has 1 heterocycles. The lowest BCUT2D eigenvalue weighted by molar-refractivity contribution is 0.0980. The second-order valence-electron chi connectivity index (χ2n) is 5.18. The Morgan fingerprint density at radius 3 is 2.71 bits per heavy atom. The standard InChI is InChI=1S/C16H16N2O3/c17-11-8-10-4-1-2-6-13(10)18(9-11)16(21)12-5-3-7-14(19)15(12)20/h1-7,11,19-20H,8-9,17H2. The maximum atomic E-state index is 12.7. The summed E-state index contributed by atoms with van der Waals surface area (Å²) in [6, 6.07) is 11.8. The van der Waals surface area contributed by atoms with Crippen LogP contribution in [0.2, 0.25) is 0 Å². The van der Waals surface area contributed by atoms with Gasteiger partial charge in [-0.3, -0.25) is 4.79 Å². The van der Waals surface area contributed by atoms with E-state index in [0.717, 1.165) is 11.3 Å². The van der Waals surface area contributed by atoms with Crippen molar-refractivity contribution in [1.82, 2.24) is 0 Å². The lowest BCUT2D eigenvalue weighted by Crippen LogP contribution is -2.46.